The van der Waals surface area contributed by atoms with Crippen LogP contribution in [0, 0.1) is 6.92 Å². The molecular weight excluding hydrogens is 364 g/mol. The molecule has 0 aliphatic carbocycles. The monoisotopic (exact) mass is 382 g/mol. The lowest BCUT2D eigenvalue weighted by Crippen LogP contribution is -2.33. The van der Waals surface area contributed by atoms with E-state index in [1.807, 2.05) is 37.3 Å². The Morgan fingerprint density at radius 3 is 2.78 bits per heavy atom. The predicted octanol–water partition coefficient (Wildman–Crippen LogP) is 4.42. The molecule has 0 aromatic heterocycles. The number of phenols is 1. The molecule has 0 bridgehead atoms. The van der Waals surface area contributed by atoms with Crippen LogP contribution in [0.1, 0.15) is 18.1 Å². The van der Waals surface area contributed by atoms with Gasteiger partial charge in [-0.2, -0.15) is 5.10 Å². The van der Waals surface area contributed by atoms with Gasteiger partial charge in [-0.05, 0) is 54.4 Å². The third kappa shape index (κ3) is 4.38. The molecule has 1 unspecified atom stereocenters. The van der Waals surface area contributed by atoms with Gasteiger partial charge in [-0.15, -0.1) is 0 Å². The van der Waals surface area contributed by atoms with Crippen molar-refractivity contribution < 1.29 is 14.6 Å². The van der Waals surface area contributed by atoms with Crippen molar-refractivity contribution in [3.63, 3.8) is 0 Å². The maximum atomic E-state index is 12.2. The van der Waals surface area contributed by atoms with Gasteiger partial charge in [0.15, 0.2) is 6.10 Å². The molecule has 1 amide bonds. The van der Waals surface area contributed by atoms with E-state index < -0.39 is 12.0 Å². The van der Waals surface area contributed by atoms with Gasteiger partial charge in [-0.3, -0.25) is 4.79 Å². The molecule has 0 spiro atoms. The molecule has 27 heavy (non-hydrogen) atoms. The maximum Gasteiger partial charge on any atom is 0.280 e. The van der Waals surface area contributed by atoms with Crippen LogP contribution in [-0.2, 0) is 4.79 Å². The van der Waals surface area contributed by atoms with Gasteiger partial charge in [0.25, 0.3) is 5.91 Å². The number of hydrazone groups is 1. The molecule has 0 saturated carbocycles. The predicted molar refractivity (Wildman–Crippen MR) is 108 cm³/mol. The van der Waals surface area contributed by atoms with E-state index in [2.05, 4.69) is 10.5 Å². The van der Waals surface area contributed by atoms with Crippen LogP contribution in [0.4, 0.5) is 0 Å². The van der Waals surface area contributed by atoms with Crippen LogP contribution in [0.2, 0.25) is 5.02 Å². The summed E-state index contributed by atoms with van der Waals surface area (Å²) in [5.41, 5.74) is 3.84. The Balaban J connectivity index is 1.68. The van der Waals surface area contributed by atoms with Crippen molar-refractivity contribution in [1.29, 1.82) is 0 Å². The average molecular weight is 383 g/mol. The highest BCUT2D eigenvalue weighted by atomic mass is 35.5. The molecule has 2 N–H and O–H groups in total. The number of carbonyl (C=O) groups is 1. The zero-order valence-electron chi connectivity index (χ0n) is 14.9. The maximum absolute atomic E-state index is 12.2. The van der Waals surface area contributed by atoms with Crippen molar-refractivity contribution in [2.24, 2.45) is 5.10 Å². The van der Waals surface area contributed by atoms with E-state index in [-0.39, 0.29) is 5.75 Å². The van der Waals surface area contributed by atoms with Crippen molar-refractivity contribution >= 4 is 34.5 Å². The molecule has 1 atom stereocenters. The Labute approximate surface area is 162 Å². The SMILES string of the molecule is Cc1cc(OC(C)C(=O)N/N=C\c2c(O)ccc3ccccc23)ccc1Cl. The number of rotatable bonds is 5. The lowest BCUT2D eigenvalue weighted by atomic mass is 10.0. The van der Waals surface area contributed by atoms with Gasteiger partial charge in [-0.25, -0.2) is 5.43 Å². The summed E-state index contributed by atoms with van der Waals surface area (Å²) in [6, 6.07) is 16.2. The normalized spacial score (nSPS) is 12.3. The average Bonchev–Trinajstić information content (AvgIpc) is 2.66. The summed E-state index contributed by atoms with van der Waals surface area (Å²) >= 11 is 5.99. The zero-order chi connectivity index (χ0) is 19.4. The molecule has 0 fully saturated rings. The van der Waals surface area contributed by atoms with E-state index >= 15 is 0 Å². The number of aromatic hydroxyl groups is 1. The fourth-order valence-electron chi connectivity index (χ4n) is 2.62. The molecular formula is C21H19ClN2O3. The summed E-state index contributed by atoms with van der Waals surface area (Å²) in [5.74, 6) is 0.237. The Bertz CT molecular complexity index is 1020. The number of nitrogens with zero attached hydrogens (tertiary/aromatic N) is 1. The number of fused-ring (bicyclic) bond motifs is 1. The molecule has 0 saturated heterocycles. The quantitative estimate of drug-likeness (QED) is 0.506. The summed E-state index contributed by atoms with van der Waals surface area (Å²) in [6.07, 6.45) is 0.679. The largest absolute Gasteiger partial charge is 0.507 e. The Kier molecular flexibility index (Phi) is 5.62. The van der Waals surface area contributed by atoms with Gasteiger partial charge in [-0.1, -0.05) is 41.9 Å². The molecule has 5 nitrogen and oxygen atoms in total. The standard InChI is InChI=1S/C21H19ClN2O3/c1-13-11-16(8-9-19(13)22)27-14(2)21(26)24-23-12-18-17-6-4-3-5-15(17)7-10-20(18)25/h3-12,14,25H,1-2H3,(H,24,26)/b23-12-. The highest BCUT2D eigenvalue weighted by molar-refractivity contribution is 6.31. The number of hydrogen-bond donors (Lipinski definition) is 2. The highest BCUT2D eigenvalue weighted by Gasteiger charge is 2.14. The smallest absolute Gasteiger partial charge is 0.280 e. The van der Waals surface area contributed by atoms with Crippen LogP contribution >= 0.6 is 11.6 Å². The number of phenolic OH excluding ortho intramolecular Hbond substituents is 1. The molecule has 3 rings (SSSR count). The molecule has 0 radical (unpaired) electrons. The molecule has 0 aliphatic rings. The Morgan fingerprint density at radius 1 is 1.22 bits per heavy atom. The summed E-state index contributed by atoms with van der Waals surface area (Å²) in [7, 11) is 0. The molecule has 138 valence electrons. The van der Waals surface area contributed by atoms with E-state index in [4.69, 9.17) is 16.3 Å². The summed E-state index contributed by atoms with van der Waals surface area (Å²) in [6.45, 7) is 3.49. The number of nitrogens with one attached hydrogen (secondary N) is 1. The number of halogens is 1. The lowest BCUT2D eigenvalue weighted by molar-refractivity contribution is -0.127. The highest BCUT2D eigenvalue weighted by Crippen LogP contribution is 2.25. The van der Waals surface area contributed by atoms with Gasteiger partial charge in [0.1, 0.15) is 11.5 Å². The number of carbonyl (C=O) groups excluding carboxylic acids is 1. The van der Waals surface area contributed by atoms with Crippen molar-refractivity contribution in [2.45, 2.75) is 20.0 Å². The first-order valence-electron chi connectivity index (χ1n) is 8.42. The fourth-order valence-corrected chi connectivity index (χ4v) is 2.74. The number of ether oxygens (including phenoxy) is 1. The first-order valence-corrected chi connectivity index (χ1v) is 8.80. The third-order valence-electron chi connectivity index (χ3n) is 4.13. The fraction of sp³-hybridized carbons (Fsp3) is 0.143. The van der Waals surface area contributed by atoms with E-state index in [0.29, 0.717) is 16.3 Å². The second-order valence-electron chi connectivity index (χ2n) is 6.12. The second-order valence-corrected chi connectivity index (χ2v) is 6.53. The third-order valence-corrected chi connectivity index (χ3v) is 4.55. The second kappa shape index (κ2) is 8.10. The zero-order valence-corrected chi connectivity index (χ0v) is 15.7. The minimum absolute atomic E-state index is 0.0904. The molecule has 3 aromatic rings. The van der Waals surface area contributed by atoms with Gasteiger partial charge in [0, 0.05) is 10.6 Å². The van der Waals surface area contributed by atoms with Gasteiger partial charge >= 0.3 is 0 Å². The van der Waals surface area contributed by atoms with Crippen LogP contribution in [0.15, 0.2) is 59.7 Å². The number of benzene rings is 3. The van der Waals surface area contributed by atoms with Crippen LogP contribution in [0.3, 0.4) is 0 Å². The molecule has 0 heterocycles. The minimum atomic E-state index is -0.746. The summed E-state index contributed by atoms with van der Waals surface area (Å²) < 4.78 is 5.61. The van der Waals surface area contributed by atoms with Crippen molar-refractivity contribution in [3.8, 4) is 11.5 Å². The van der Waals surface area contributed by atoms with Crippen LogP contribution in [0.25, 0.3) is 10.8 Å². The number of amides is 1. The molecule has 0 aliphatic heterocycles. The summed E-state index contributed by atoms with van der Waals surface area (Å²) in [4.78, 5) is 12.2. The summed E-state index contributed by atoms with van der Waals surface area (Å²) in [5, 5.41) is 16.5. The van der Waals surface area contributed by atoms with Crippen molar-refractivity contribution in [1.82, 2.24) is 5.43 Å². The van der Waals surface area contributed by atoms with Crippen molar-refractivity contribution in [3.05, 3.63) is 70.7 Å². The van der Waals surface area contributed by atoms with Crippen LogP contribution < -0.4 is 10.2 Å². The van der Waals surface area contributed by atoms with E-state index in [9.17, 15) is 9.90 Å². The molecule has 6 heteroatoms. The molecule has 3 aromatic carbocycles. The van der Waals surface area contributed by atoms with Gasteiger partial charge < -0.3 is 9.84 Å². The van der Waals surface area contributed by atoms with E-state index in [1.165, 1.54) is 6.21 Å². The Morgan fingerprint density at radius 2 is 2.00 bits per heavy atom. The number of aryl methyl sites for hydroxylation is 1. The van der Waals surface area contributed by atoms with E-state index in [0.717, 1.165) is 16.3 Å². The van der Waals surface area contributed by atoms with E-state index in [1.54, 1.807) is 31.2 Å². The van der Waals surface area contributed by atoms with Gasteiger partial charge in [0.2, 0.25) is 0 Å². The van der Waals surface area contributed by atoms with Crippen LogP contribution in [0.5, 0.6) is 11.5 Å². The van der Waals surface area contributed by atoms with Crippen LogP contribution in [-0.4, -0.2) is 23.3 Å². The first-order chi connectivity index (χ1) is 13.0. The Hall–Kier alpha value is -3.05. The lowest BCUT2D eigenvalue weighted by Gasteiger charge is -2.13. The minimum Gasteiger partial charge on any atom is -0.507 e. The van der Waals surface area contributed by atoms with Gasteiger partial charge in [0.05, 0.1) is 6.21 Å². The number of hydrogen-bond acceptors (Lipinski definition) is 4. The topological polar surface area (TPSA) is 70.9 Å². The van der Waals surface area contributed by atoms with Crippen molar-refractivity contribution in [2.75, 3.05) is 0 Å². The first kappa shape index (κ1) is 18.7.